The zero-order valence-corrected chi connectivity index (χ0v) is 10.3. The molecule has 0 aliphatic rings. The van der Waals surface area contributed by atoms with Gasteiger partial charge in [-0.15, -0.1) is 11.3 Å². The normalized spacial score (nSPS) is 11.3. The molecule has 1 aromatic heterocycles. The highest BCUT2D eigenvalue weighted by atomic mass is 32.2. The first-order valence-electron chi connectivity index (χ1n) is 4.55. The van der Waals surface area contributed by atoms with Crippen molar-refractivity contribution in [2.75, 3.05) is 5.75 Å². The number of hydrogen-bond donors (Lipinski definition) is 0. The minimum atomic E-state index is -3.06. The number of sulfone groups is 1. The molecule has 0 fully saturated rings. The zero-order chi connectivity index (χ0) is 11.5. The summed E-state index contributed by atoms with van der Waals surface area (Å²) in [6, 6.07) is 1.99. The van der Waals surface area contributed by atoms with Gasteiger partial charge in [0.25, 0.3) is 0 Å². The van der Waals surface area contributed by atoms with Crippen molar-refractivity contribution >= 4 is 21.2 Å². The molecule has 0 N–H and O–H groups in total. The Kier molecular flexibility index (Phi) is 3.83. The Morgan fingerprint density at radius 3 is 2.67 bits per heavy atom. The lowest BCUT2D eigenvalue weighted by molar-refractivity contribution is 0.594. The lowest BCUT2D eigenvalue weighted by Gasteiger charge is -1.97. The van der Waals surface area contributed by atoms with E-state index in [0.717, 1.165) is 11.3 Å². The molecule has 15 heavy (non-hydrogen) atoms. The van der Waals surface area contributed by atoms with Gasteiger partial charge in [0.2, 0.25) is 0 Å². The minimum Gasteiger partial charge on any atom is -0.244 e. The molecule has 82 valence electrons. The largest absolute Gasteiger partial charge is 0.244 e. The number of nitrogens with zero attached hydrogens (tertiary/aromatic N) is 2. The molecule has 0 saturated heterocycles. The van der Waals surface area contributed by atoms with E-state index in [4.69, 9.17) is 5.26 Å². The Morgan fingerprint density at radius 2 is 2.20 bits per heavy atom. The molecule has 1 heterocycles. The van der Waals surface area contributed by atoms with Crippen LogP contribution in [-0.2, 0) is 15.6 Å². The zero-order valence-electron chi connectivity index (χ0n) is 8.65. The van der Waals surface area contributed by atoms with E-state index in [1.807, 2.05) is 13.0 Å². The SMILES string of the molecule is CCCS(=O)(=O)Cc1nc(C)c(C#N)s1. The number of nitriles is 1. The van der Waals surface area contributed by atoms with Gasteiger partial charge in [-0.1, -0.05) is 6.92 Å². The molecule has 0 aromatic carbocycles. The third-order valence-electron chi connectivity index (χ3n) is 1.80. The van der Waals surface area contributed by atoms with Gasteiger partial charge in [0.05, 0.1) is 11.4 Å². The quantitative estimate of drug-likeness (QED) is 0.807. The molecule has 0 unspecified atom stereocenters. The van der Waals surface area contributed by atoms with Crippen molar-refractivity contribution in [2.45, 2.75) is 26.0 Å². The first-order valence-corrected chi connectivity index (χ1v) is 7.19. The van der Waals surface area contributed by atoms with Crippen molar-refractivity contribution in [3.05, 3.63) is 15.6 Å². The van der Waals surface area contributed by atoms with Gasteiger partial charge in [0, 0.05) is 0 Å². The molecule has 6 heteroatoms. The summed E-state index contributed by atoms with van der Waals surface area (Å²) in [5.74, 6) is 0.127. The van der Waals surface area contributed by atoms with Crippen molar-refractivity contribution in [1.29, 1.82) is 5.26 Å². The Labute approximate surface area is 93.5 Å². The lowest BCUT2D eigenvalue weighted by atomic mass is 10.4. The monoisotopic (exact) mass is 244 g/mol. The number of aromatic nitrogens is 1. The van der Waals surface area contributed by atoms with Crippen molar-refractivity contribution in [1.82, 2.24) is 4.98 Å². The third-order valence-corrected chi connectivity index (χ3v) is 4.79. The molecule has 1 aromatic rings. The van der Waals surface area contributed by atoms with Crippen LogP contribution in [-0.4, -0.2) is 19.2 Å². The van der Waals surface area contributed by atoms with Gasteiger partial charge >= 0.3 is 0 Å². The first-order chi connectivity index (χ1) is 6.98. The van der Waals surface area contributed by atoms with Crippen LogP contribution in [0.2, 0.25) is 0 Å². The molecule has 1 rings (SSSR count). The second-order valence-corrected chi connectivity index (χ2v) is 6.49. The summed E-state index contributed by atoms with van der Waals surface area (Å²) in [5, 5.41) is 9.22. The van der Waals surface area contributed by atoms with Gasteiger partial charge in [-0.05, 0) is 13.3 Å². The fourth-order valence-electron chi connectivity index (χ4n) is 1.19. The highest BCUT2D eigenvalue weighted by Crippen LogP contribution is 2.19. The average Bonchev–Trinajstić information content (AvgIpc) is 2.44. The predicted molar refractivity (Wildman–Crippen MR) is 59.3 cm³/mol. The molecule has 0 aliphatic carbocycles. The molecule has 0 radical (unpaired) electrons. The van der Waals surface area contributed by atoms with Crippen LogP contribution in [0.1, 0.15) is 28.9 Å². The highest BCUT2D eigenvalue weighted by molar-refractivity contribution is 7.90. The van der Waals surface area contributed by atoms with Crippen LogP contribution in [0, 0.1) is 18.3 Å². The van der Waals surface area contributed by atoms with Gasteiger partial charge in [-0.25, -0.2) is 13.4 Å². The maximum absolute atomic E-state index is 11.5. The molecule has 0 saturated carbocycles. The van der Waals surface area contributed by atoms with Crippen LogP contribution >= 0.6 is 11.3 Å². The van der Waals surface area contributed by atoms with E-state index in [-0.39, 0.29) is 11.5 Å². The summed E-state index contributed by atoms with van der Waals surface area (Å²) in [5.41, 5.74) is 0.615. The second-order valence-electron chi connectivity index (χ2n) is 3.23. The predicted octanol–water partition coefficient (Wildman–Crippen LogP) is 1.65. The van der Waals surface area contributed by atoms with Crippen molar-refractivity contribution < 1.29 is 8.42 Å². The smallest absolute Gasteiger partial charge is 0.156 e. The molecular weight excluding hydrogens is 232 g/mol. The topological polar surface area (TPSA) is 70.8 Å². The number of rotatable bonds is 4. The van der Waals surface area contributed by atoms with Gasteiger partial charge in [-0.3, -0.25) is 0 Å². The van der Waals surface area contributed by atoms with Crippen LogP contribution < -0.4 is 0 Å². The molecule has 4 nitrogen and oxygen atoms in total. The number of aryl methyl sites for hydroxylation is 1. The Bertz CT molecular complexity index is 483. The van der Waals surface area contributed by atoms with Crippen molar-refractivity contribution in [3.63, 3.8) is 0 Å². The Balaban J connectivity index is 2.87. The fourth-order valence-corrected chi connectivity index (χ4v) is 3.83. The van der Waals surface area contributed by atoms with Gasteiger partial charge in [-0.2, -0.15) is 5.26 Å². The Hall–Kier alpha value is -0.930. The first kappa shape index (κ1) is 12.1. The van der Waals surface area contributed by atoms with E-state index in [0.29, 0.717) is 22.0 Å². The lowest BCUT2D eigenvalue weighted by Crippen LogP contribution is -2.08. The summed E-state index contributed by atoms with van der Waals surface area (Å²) >= 11 is 1.16. The van der Waals surface area contributed by atoms with Gasteiger partial charge in [0.15, 0.2) is 9.84 Å². The van der Waals surface area contributed by atoms with Crippen LogP contribution in [0.5, 0.6) is 0 Å². The Morgan fingerprint density at radius 1 is 1.53 bits per heavy atom. The summed E-state index contributed by atoms with van der Waals surface area (Å²) in [7, 11) is -3.06. The van der Waals surface area contributed by atoms with Crippen molar-refractivity contribution in [2.24, 2.45) is 0 Å². The summed E-state index contributed by atoms with van der Waals surface area (Å²) in [4.78, 5) is 4.56. The number of thiazole rings is 1. The standard InChI is InChI=1S/C9H12N2O2S2/c1-3-4-15(12,13)6-9-11-7(2)8(5-10)14-9/h3-4,6H2,1-2H3. The maximum atomic E-state index is 11.5. The average molecular weight is 244 g/mol. The van der Waals surface area contributed by atoms with Crippen LogP contribution in [0.4, 0.5) is 0 Å². The van der Waals surface area contributed by atoms with E-state index in [2.05, 4.69) is 4.98 Å². The van der Waals surface area contributed by atoms with E-state index < -0.39 is 9.84 Å². The van der Waals surface area contributed by atoms with E-state index in [1.54, 1.807) is 6.92 Å². The number of hydrogen-bond acceptors (Lipinski definition) is 5. The van der Waals surface area contributed by atoms with E-state index >= 15 is 0 Å². The van der Waals surface area contributed by atoms with E-state index in [9.17, 15) is 8.42 Å². The molecule has 0 amide bonds. The van der Waals surface area contributed by atoms with Crippen LogP contribution in [0.25, 0.3) is 0 Å². The fraction of sp³-hybridized carbons (Fsp3) is 0.556. The van der Waals surface area contributed by atoms with Crippen molar-refractivity contribution in [3.8, 4) is 6.07 Å². The maximum Gasteiger partial charge on any atom is 0.156 e. The molecular formula is C9H12N2O2S2. The highest BCUT2D eigenvalue weighted by Gasteiger charge is 2.15. The summed E-state index contributed by atoms with van der Waals surface area (Å²) in [6.07, 6.45) is 0.609. The van der Waals surface area contributed by atoms with Gasteiger partial charge < -0.3 is 0 Å². The van der Waals surface area contributed by atoms with Gasteiger partial charge in [0.1, 0.15) is 21.7 Å². The van der Waals surface area contributed by atoms with Crippen LogP contribution in [0.15, 0.2) is 0 Å². The summed E-state index contributed by atoms with van der Waals surface area (Å²) < 4.78 is 23.0. The molecule has 0 atom stereocenters. The molecule has 0 bridgehead atoms. The third kappa shape index (κ3) is 3.29. The minimum absolute atomic E-state index is 0.0476. The second kappa shape index (κ2) is 4.73. The molecule has 0 aliphatic heterocycles. The van der Waals surface area contributed by atoms with Crippen LogP contribution in [0.3, 0.4) is 0 Å². The molecule has 0 spiro atoms. The summed E-state index contributed by atoms with van der Waals surface area (Å²) in [6.45, 7) is 3.54. The van der Waals surface area contributed by atoms with E-state index in [1.165, 1.54) is 0 Å².